The summed E-state index contributed by atoms with van der Waals surface area (Å²) < 4.78 is 28.7. The first-order valence-electron chi connectivity index (χ1n) is 15.2. The minimum Gasteiger partial charge on any atom is -0.357 e. The van der Waals surface area contributed by atoms with Crippen molar-refractivity contribution in [3.63, 3.8) is 0 Å². The van der Waals surface area contributed by atoms with Crippen LogP contribution in [-0.4, -0.2) is 93.1 Å². The number of carbonyl (C=O) groups is 3. The second-order valence-electron chi connectivity index (χ2n) is 11.7. The van der Waals surface area contributed by atoms with Gasteiger partial charge >= 0.3 is 0 Å². The molecule has 0 spiro atoms. The lowest BCUT2D eigenvalue weighted by molar-refractivity contribution is -0.125. The Bertz CT molecular complexity index is 1850. The summed E-state index contributed by atoms with van der Waals surface area (Å²) in [7, 11) is 1.19. The monoisotopic (exact) mass is 644 g/mol. The molecule has 2 N–H and O–H groups in total. The van der Waals surface area contributed by atoms with Crippen LogP contribution in [0.3, 0.4) is 0 Å². The van der Waals surface area contributed by atoms with Crippen molar-refractivity contribution in [1.29, 1.82) is 0 Å². The Morgan fingerprint density at radius 3 is 2.46 bits per heavy atom. The van der Waals surface area contributed by atoms with E-state index in [0.717, 1.165) is 25.1 Å². The van der Waals surface area contributed by atoms with Gasteiger partial charge in [0.15, 0.2) is 0 Å². The van der Waals surface area contributed by atoms with Gasteiger partial charge in [0.1, 0.15) is 0 Å². The maximum absolute atomic E-state index is 13.9. The SMILES string of the molecule is C=CC(=O)N(C)Cc1[nH]c(C=C2C(=O)Nc3ccc(S(=O)(=O)N(C)c4cccc(CC)c4)cc32)c(C)c1C(=O)N1CCN(C)CC1. The van der Waals surface area contributed by atoms with Gasteiger partial charge in [0.2, 0.25) is 5.91 Å². The number of piperazine rings is 1. The lowest BCUT2D eigenvalue weighted by Crippen LogP contribution is -2.47. The molecule has 3 amide bonds. The summed E-state index contributed by atoms with van der Waals surface area (Å²) in [4.78, 5) is 48.2. The van der Waals surface area contributed by atoms with E-state index in [9.17, 15) is 22.8 Å². The highest BCUT2D eigenvalue weighted by atomic mass is 32.2. The lowest BCUT2D eigenvalue weighted by Gasteiger charge is -2.32. The number of H-pyrrole nitrogens is 1. The van der Waals surface area contributed by atoms with Crippen molar-refractivity contribution >= 4 is 50.8 Å². The van der Waals surface area contributed by atoms with Gasteiger partial charge in [-0.25, -0.2) is 8.42 Å². The highest BCUT2D eigenvalue weighted by Crippen LogP contribution is 2.37. The summed E-state index contributed by atoms with van der Waals surface area (Å²) in [5.41, 5.74) is 4.87. The number of aromatic nitrogens is 1. The van der Waals surface area contributed by atoms with E-state index in [2.05, 4.69) is 21.8 Å². The Balaban J connectivity index is 1.55. The summed E-state index contributed by atoms with van der Waals surface area (Å²) in [6, 6.07) is 11.9. The van der Waals surface area contributed by atoms with E-state index in [1.807, 2.05) is 32.2 Å². The largest absolute Gasteiger partial charge is 0.357 e. The molecular weight excluding hydrogens is 604 g/mol. The van der Waals surface area contributed by atoms with Gasteiger partial charge in [0.25, 0.3) is 21.8 Å². The van der Waals surface area contributed by atoms with Crippen molar-refractivity contribution in [3.05, 3.63) is 88.8 Å². The molecule has 0 bridgehead atoms. The number of carbonyl (C=O) groups excluding carboxylic acids is 3. The third-order valence-corrected chi connectivity index (χ3v) is 10.5. The first-order chi connectivity index (χ1) is 21.8. The van der Waals surface area contributed by atoms with Crippen LogP contribution in [0.2, 0.25) is 0 Å². The van der Waals surface area contributed by atoms with E-state index in [1.54, 1.807) is 37.1 Å². The summed E-state index contributed by atoms with van der Waals surface area (Å²) >= 11 is 0. The van der Waals surface area contributed by atoms with Crippen molar-refractivity contribution in [2.75, 3.05) is 56.9 Å². The number of aryl methyl sites for hydroxylation is 1. The lowest BCUT2D eigenvalue weighted by atomic mass is 10.0. The third-order valence-electron chi connectivity index (χ3n) is 8.72. The Hall–Kier alpha value is -4.68. The summed E-state index contributed by atoms with van der Waals surface area (Å²) in [6.45, 7) is 10.1. The fourth-order valence-electron chi connectivity index (χ4n) is 5.76. The van der Waals surface area contributed by atoms with E-state index in [0.29, 0.717) is 52.5 Å². The number of hydrogen-bond acceptors (Lipinski definition) is 6. The topological polar surface area (TPSA) is 126 Å². The number of sulfonamides is 1. The highest BCUT2D eigenvalue weighted by Gasteiger charge is 2.31. The van der Waals surface area contributed by atoms with Crippen LogP contribution in [0, 0.1) is 6.92 Å². The first-order valence-corrected chi connectivity index (χ1v) is 16.6. The minimum absolute atomic E-state index is 0.0393. The van der Waals surface area contributed by atoms with Crippen LogP contribution in [0.25, 0.3) is 11.6 Å². The Kier molecular flexibility index (Phi) is 9.22. The molecule has 2 aliphatic rings. The number of likely N-dealkylation sites (N-methyl/N-ethyl adjacent to an activating group) is 2. The van der Waals surface area contributed by atoms with Gasteiger partial charge in [-0.3, -0.25) is 18.7 Å². The predicted molar refractivity (Wildman–Crippen MR) is 180 cm³/mol. The minimum atomic E-state index is -3.95. The number of nitrogens with zero attached hydrogens (tertiary/aromatic N) is 4. The van der Waals surface area contributed by atoms with Crippen LogP contribution < -0.4 is 9.62 Å². The van der Waals surface area contributed by atoms with Crippen LogP contribution in [0.5, 0.6) is 0 Å². The quantitative estimate of drug-likeness (QED) is 0.342. The van der Waals surface area contributed by atoms with E-state index in [-0.39, 0.29) is 28.8 Å². The highest BCUT2D eigenvalue weighted by molar-refractivity contribution is 7.92. The zero-order chi connectivity index (χ0) is 33.3. The van der Waals surface area contributed by atoms with Crippen LogP contribution in [0.1, 0.15) is 45.4 Å². The first kappa shape index (κ1) is 32.7. The number of rotatable bonds is 9. The number of fused-ring (bicyclic) bond motifs is 1. The molecule has 0 saturated carbocycles. The molecule has 3 heterocycles. The summed E-state index contributed by atoms with van der Waals surface area (Å²) in [5, 5.41) is 2.82. The summed E-state index contributed by atoms with van der Waals surface area (Å²) in [6.07, 6.45) is 3.62. The molecule has 1 fully saturated rings. The predicted octanol–water partition coefficient (Wildman–Crippen LogP) is 3.74. The smallest absolute Gasteiger partial charge is 0.264 e. The van der Waals surface area contributed by atoms with Crippen molar-refractivity contribution in [2.45, 2.75) is 31.7 Å². The average Bonchev–Trinajstić information content (AvgIpc) is 3.53. The second-order valence-corrected chi connectivity index (χ2v) is 13.7. The maximum atomic E-state index is 13.9. The molecule has 46 heavy (non-hydrogen) atoms. The van der Waals surface area contributed by atoms with Gasteiger partial charge in [-0.1, -0.05) is 25.6 Å². The molecule has 242 valence electrons. The van der Waals surface area contributed by atoms with Crippen molar-refractivity contribution < 1.29 is 22.8 Å². The molecule has 11 nitrogen and oxygen atoms in total. The number of amides is 3. The zero-order valence-electron chi connectivity index (χ0n) is 26.9. The standard InChI is InChI=1S/C34H40N6O5S/c1-7-23-10-9-11-24(18-23)39(6)46(44,45)25-12-13-28-26(19-25)27(33(42)36-28)20-29-22(3)32(30(35-29)21-38(5)31(41)8-2)34(43)40-16-14-37(4)15-17-40/h8-13,18-20,35H,2,7,14-17,21H2,1,3-6H3,(H,36,42). The van der Waals surface area contributed by atoms with Crippen LogP contribution in [-0.2, 0) is 32.6 Å². The molecule has 1 saturated heterocycles. The van der Waals surface area contributed by atoms with E-state index >= 15 is 0 Å². The number of benzene rings is 2. The van der Waals surface area contributed by atoms with Gasteiger partial charge in [-0.2, -0.15) is 0 Å². The molecular formula is C34H40N6O5S. The molecule has 5 rings (SSSR count). The molecule has 2 aliphatic heterocycles. The van der Waals surface area contributed by atoms with E-state index in [4.69, 9.17) is 0 Å². The zero-order valence-corrected chi connectivity index (χ0v) is 27.7. The number of nitrogens with one attached hydrogen (secondary N) is 2. The van der Waals surface area contributed by atoms with Gasteiger partial charge in [-0.05, 0) is 74.0 Å². The van der Waals surface area contributed by atoms with E-state index < -0.39 is 15.9 Å². The fraction of sp³-hybridized carbons (Fsp3) is 0.324. The molecule has 0 atom stereocenters. The van der Waals surface area contributed by atoms with Crippen molar-refractivity contribution in [2.24, 2.45) is 0 Å². The van der Waals surface area contributed by atoms with Crippen molar-refractivity contribution in [3.8, 4) is 0 Å². The van der Waals surface area contributed by atoms with Gasteiger partial charge in [0, 0.05) is 62.9 Å². The van der Waals surface area contributed by atoms with Gasteiger partial charge in [0.05, 0.1) is 28.3 Å². The fourth-order valence-corrected chi connectivity index (χ4v) is 6.97. The van der Waals surface area contributed by atoms with Crippen molar-refractivity contribution in [1.82, 2.24) is 19.7 Å². The second kappa shape index (κ2) is 13.0. The van der Waals surface area contributed by atoms with Gasteiger partial charge < -0.3 is 25.0 Å². The molecule has 0 unspecified atom stereocenters. The molecule has 0 aliphatic carbocycles. The third kappa shape index (κ3) is 6.22. The van der Waals surface area contributed by atoms with Crippen LogP contribution in [0.15, 0.2) is 60.0 Å². The molecule has 0 radical (unpaired) electrons. The number of anilines is 2. The Morgan fingerprint density at radius 1 is 1.07 bits per heavy atom. The normalized spacial score (nSPS) is 15.9. The summed E-state index contributed by atoms with van der Waals surface area (Å²) in [5.74, 6) is -0.842. The Morgan fingerprint density at radius 2 is 1.78 bits per heavy atom. The molecule has 3 aromatic rings. The number of hydrogen-bond donors (Lipinski definition) is 2. The van der Waals surface area contributed by atoms with E-state index in [1.165, 1.54) is 34.5 Å². The Labute approximate surface area is 270 Å². The van der Waals surface area contributed by atoms with Crippen LogP contribution >= 0.6 is 0 Å². The molecule has 2 aromatic carbocycles. The molecule has 12 heteroatoms. The van der Waals surface area contributed by atoms with Gasteiger partial charge in [-0.15, -0.1) is 0 Å². The molecule has 1 aromatic heterocycles. The maximum Gasteiger partial charge on any atom is 0.264 e. The average molecular weight is 645 g/mol. The number of aromatic amines is 1. The van der Waals surface area contributed by atoms with Crippen LogP contribution in [0.4, 0.5) is 11.4 Å².